The molecular formula is C19H25N5O2. The summed E-state index contributed by atoms with van der Waals surface area (Å²) in [7, 11) is 0. The van der Waals surface area contributed by atoms with Gasteiger partial charge in [-0.15, -0.1) is 0 Å². The molecule has 0 atom stereocenters. The summed E-state index contributed by atoms with van der Waals surface area (Å²) in [5.74, 6) is -0.0840. The Bertz CT molecular complexity index is 823. The highest BCUT2D eigenvalue weighted by Crippen LogP contribution is 2.22. The van der Waals surface area contributed by atoms with Gasteiger partial charge in [0, 0.05) is 23.8 Å². The molecule has 0 bridgehead atoms. The van der Waals surface area contributed by atoms with Gasteiger partial charge in [0.2, 0.25) is 0 Å². The second-order valence-corrected chi connectivity index (χ2v) is 6.75. The highest BCUT2D eigenvalue weighted by molar-refractivity contribution is 6.08. The van der Waals surface area contributed by atoms with E-state index in [0.717, 1.165) is 31.2 Å². The third-order valence-electron chi connectivity index (χ3n) is 4.51. The number of nitrogens with zero attached hydrogens (tertiary/aromatic N) is 2. The molecule has 26 heavy (non-hydrogen) atoms. The topological polar surface area (TPSA) is 102 Å². The predicted molar refractivity (Wildman–Crippen MR) is 101 cm³/mol. The molecule has 2 amide bonds. The van der Waals surface area contributed by atoms with Gasteiger partial charge < -0.3 is 16.4 Å². The smallest absolute Gasteiger partial charge is 0.261 e. The van der Waals surface area contributed by atoms with E-state index < -0.39 is 0 Å². The minimum Gasteiger partial charge on any atom is -0.383 e. The number of unbranched alkanes of at least 4 members (excludes halogenated alkanes) is 1. The molecule has 1 aliphatic rings. The Morgan fingerprint density at radius 1 is 1.31 bits per heavy atom. The van der Waals surface area contributed by atoms with Crippen LogP contribution in [0.4, 0.5) is 11.5 Å². The van der Waals surface area contributed by atoms with Crippen molar-refractivity contribution in [3.63, 3.8) is 0 Å². The van der Waals surface area contributed by atoms with Gasteiger partial charge in [-0.1, -0.05) is 19.4 Å². The average Bonchev–Trinajstić information content (AvgIpc) is 3.35. The maximum Gasteiger partial charge on any atom is 0.261 e. The molecule has 1 aromatic carbocycles. The number of amides is 2. The number of anilines is 2. The zero-order chi connectivity index (χ0) is 18.7. The number of carbonyl (C=O) groups is 2. The Kier molecular flexibility index (Phi) is 5.25. The average molecular weight is 355 g/mol. The molecule has 0 saturated heterocycles. The van der Waals surface area contributed by atoms with Gasteiger partial charge in [-0.2, -0.15) is 5.10 Å². The van der Waals surface area contributed by atoms with Crippen molar-refractivity contribution in [2.75, 3.05) is 11.1 Å². The van der Waals surface area contributed by atoms with Gasteiger partial charge in [-0.05, 0) is 43.9 Å². The molecule has 138 valence electrons. The fourth-order valence-electron chi connectivity index (χ4n) is 2.64. The van der Waals surface area contributed by atoms with Crippen LogP contribution in [0.2, 0.25) is 0 Å². The largest absolute Gasteiger partial charge is 0.383 e. The number of rotatable bonds is 7. The number of hydrogen-bond acceptors (Lipinski definition) is 4. The van der Waals surface area contributed by atoms with Crippen molar-refractivity contribution in [1.82, 2.24) is 15.1 Å². The van der Waals surface area contributed by atoms with Crippen molar-refractivity contribution in [1.29, 1.82) is 0 Å². The summed E-state index contributed by atoms with van der Waals surface area (Å²) in [5.41, 5.74) is 8.39. The first-order chi connectivity index (χ1) is 12.5. The molecule has 0 radical (unpaired) electrons. The lowest BCUT2D eigenvalue weighted by atomic mass is 10.1. The number of nitrogen functional groups attached to an aromatic ring is 1. The first kappa shape index (κ1) is 18.0. The van der Waals surface area contributed by atoms with Crippen LogP contribution in [-0.4, -0.2) is 27.6 Å². The fourth-order valence-corrected chi connectivity index (χ4v) is 2.64. The Balaban J connectivity index is 1.74. The Labute approximate surface area is 153 Å². The number of hydrogen-bond donors (Lipinski definition) is 3. The zero-order valence-electron chi connectivity index (χ0n) is 15.2. The number of aryl methyl sites for hydroxylation is 2. The highest BCUT2D eigenvalue weighted by Gasteiger charge is 2.24. The molecule has 7 heteroatoms. The van der Waals surface area contributed by atoms with Gasteiger partial charge in [0.05, 0.1) is 6.20 Å². The summed E-state index contributed by atoms with van der Waals surface area (Å²) in [6, 6.07) is 5.57. The maximum absolute atomic E-state index is 12.6. The lowest BCUT2D eigenvalue weighted by molar-refractivity contribution is 0.0949. The molecular weight excluding hydrogens is 330 g/mol. The number of aromatic nitrogens is 2. The van der Waals surface area contributed by atoms with Crippen LogP contribution < -0.4 is 16.4 Å². The van der Waals surface area contributed by atoms with Crippen LogP contribution in [0.1, 0.15) is 58.9 Å². The van der Waals surface area contributed by atoms with Crippen molar-refractivity contribution < 1.29 is 9.59 Å². The van der Waals surface area contributed by atoms with Gasteiger partial charge in [-0.3, -0.25) is 9.59 Å². The molecule has 1 aromatic heterocycles. The molecule has 0 aliphatic heterocycles. The minimum atomic E-state index is -0.326. The summed E-state index contributed by atoms with van der Waals surface area (Å²) in [5, 5.41) is 9.99. The second-order valence-electron chi connectivity index (χ2n) is 6.75. The molecule has 1 heterocycles. The SMILES string of the molecule is CCCCn1ncc(C(=O)Nc2cc(C(=O)NC3CC3)ccc2C)c1N. The van der Waals surface area contributed by atoms with Crippen LogP contribution in [-0.2, 0) is 6.54 Å². The molecule has 0 unspecified atom stereocenters. The molecule has 1 saturated carbocycles. The molecule has 0 spiro atoms. The zero-order valence-corrected chi connectivity index (χ0v) is 15.2. The summed E-state index contributed by atoms with van der Waals surface area (Å²) >= 11 is 0. The van der Waals surface area contributed by atoms with Crippen molar-refractivity contribution in [2.24, 2.45) is 0 Å². The van der Waals surface area contributed by atoms with Crippen LogP contribution in [0.25, 0.3) is 0 Å². The van der Waals surface area contributed by atoms with E-state index in [4.69, 9.17) is 5.73 Å². The Morgan fingerprint density at radius 3 is 2.77 bits per heavy atom. The number of nitrogens with two attached hydrogens (primary N) is 1. The summed E-state index contributed by atoms with van der Waals surface area (Å²) in [6.45, 7) is 4.65. The van der Waals surface area contributed by atoms with Gasteiger partial charge in [-0.25, -0.2) is 4.68 Å². The van der Waals surface area contributed by atoms with Gasteiger partial charge in [0.25, 0.3) is 11.8 Å². The van der Waals surface area contributed by atoms with E-state index in [9.17, 15) is 9.59 Å². The molecule has 1 fully saturated rings. The summed E-state index contributed by atoms with van der Waals surface area (Å²) in [6.07, 6.45) is 5.52. The van der Waals surface area contributed by atoms with E-state index in [0.29, 0.717) is 29.2 Å². The number of benzene rings is 1. The third-order valence-corrected chi connectivity index (χ3v) is 4.51. The molecule has 7 nitrogen and oxygen atoms in total. The second kappa shape index (κ2) is 7.59. The highest BCUT2D eigenvalue weighted by atomic mass is 16.2. The van der Waals surface area contributed by atoms with Crippen molar-refractivity contribution in [3.8, 4) is 0 Å². The van der Waals surface area contributed by atoms with Gasteiger partial charge >= 0.3 is 0 Å². The first-order valence-corrected chi connectivity index (χ1v) is 9.03. The lowest BCUT2D eigenvalue weighted by Gasteiger charge is -2.11. The molecule has 3 rings (SSSR count). The van der Waals surface area contributed by atoms with Gasteiger partial charge in [0.15, 0.2) is 0 Å². The van der Waals surface area contributed by atoms with Crippen molar-refractivity contribution >= 4 is 23.3 Å². The fraction of sp³-hybridized carbons (Fsp3) is 0.421. The van der Waals surface area contributed by atoms with Crippen molar-refractivity contribution in [2.45, 2.75) is 52.1 Å². The van der Waals surface area contributed by atoms with E-state index >= 15 is 0 Å². The first-order valence-electron chi connectivity index (χ1n) is 9.03. The monoisotopic (exact) mass is 355 g/mol. The number of nitrogens with one attached hydrogen (secondary N) is 2. The van der Waals surface area contributed by atoms with Gasteiger partial charge in [0.1, 0.15) is 11.4 Å². The molecule has 1 aliphatic carbocycles. The molecule has 4 N–H and O–H groups in total. The van der Waals surface area contributed by atoms with E-state index in [2.05, 4.69) is 22.7 Å². The standard InChI is InChI=1S/C19H25N5O2/c1-3-4-9-24-17(20)15(11-21-24)19(26)23-16-10-13(6-5-12(16)2)18(25)22-14-7-8-14/h5-6,10-11,14H,3-4,7-9,20H2,1-2H3,(H,22,25)(H,23,26). The van der Waals surface area contributed by atoms with Crippen molar-refractivity contribution in [3.05, 3.63) is 41.1 Å². The quantitative estimate of drug-likeness (QED) is 0.710. The van der Waals surface area contributed by atoms with Crippen LogP contribution in [0, 0.1) is 6.92 Å². The van der Waals surface area contributed by atoms with E-state index in [1.54, 1.807) is 16.8 Å². The van der Waals surface area contributed by atoms with E-state index in [-0.39, 0.29) is 17.9 Å². The van der Waals surface area contributed by atoms with Crippen LogP contribution in [0.3, 0.4) is 0 Å². The predicted octanol–water partition coefficient (Wildman–Crippen LogP) is 2.72. The number of carbonyl (C=O) groups excluding carboxylic acids is 2. The van der Waals surface area contributed by atoms with E-state index in [1.165, 1.54) is 6.20 Å². The summed E-state index contributed by atoms with van der Waals surface area (Å²) in [4.78, 5) is 24.8. The lowest BCUT2D eigenvalue weighted by Crippen LogP contribution is -2.25. The Hall–Kier alpha value is -2.83. The molecule has 2 aromatic rings. The normalized spacial score (nSPS) is 13.5. The third kappa shape index (κ3) is 4.04. The van der Waals surface area contributed by atoms with Crippen LogP contribution in [0.5, 0.6) is 0 Å². The maximum atomic E-state index is 12.6. The van der Waals surface area contributed by atoms with E-state index in [1.807, 2.05) is 13.0 Å². The summed E-state index contributed by atoms with van der Waals surface area (Å²) < 4.78 is 1.64. The Morgan fingerprint density at radius 2 is 2.08 bits per heavy atom. The minimum absolute atomic E-state index is 0.116. The van der Waals surface area contributed by atoms with Crippen LogP contribution in [0.15, 0.2) is 24.4 Å². The van der Waals surface area contributed by atoms with Crippen LogP contribution >= 0.6 is 0 Å².